The smallest absolute Gasteiger partial charge is 0.230 e. The summed E-state index contributed by atoms with van der Waals surface area (Å²) < 4.78 is 0. The third-order valence-electron chi connectivity index (χ3n) is 4.04. The fourth-order valence-electron chi connectivity index (χ4n) is 2.97. The molecule has 2 aliphatic heterocycles. The quantitative estimate of drug-likeness (QED) is 0.865. The summed E-state index contributed by atoms with van der Waals surface area (Å²) in [6.45, 7) is 4.80. The Morgan fingerprint density at radius 3 is 3.00 bits per heavy atom. The first kappa shape index (κ1) is 15.7. The van der Waals surface area contributed by atoms with E-state index in [1.54, 1.807) is 0 Å². The highest BCUT2D eigenvalue weighted by Gasteiger charge is 2.32. The summed E-state index contributed by atoms with van der Waals surface area (Å²) in [7, 11) is 0. The van der Waals surface area contributed by atoms with Gasteiger partial charge in [-0.15, -0.1) is 24.2 Å². The number of carbonyl (C=O) groups is 1. The van der Waals surface area contributed by atoms with Crippen molar-refractivity contribution in [2.45, 2.75) is 30.2 Å². The van der Waals surface area contributed by atoms with E-state index in [9.17, 15) is 4.79 Å². The molecule has 110 valence electrons. The predicted octanol–water partition coefficient (Wildman–Crippen LogP) is 2.51. The molecule has 0 saturated carbocycles. The van der Waals surface area contributed by atoms with Gasteiger partial charge in [0.15, 0.2) is 0 Å². The van der Waals surface area contributed by atoms with Crippen LogP contribution >= 0.6 is 24.2 Å². The van der Waals surface area contributed by atoms with E-state index in [0.717, 1.165) is 31.8 Å². The van der Waals surface area contributed by atoms with Crippen molar-refractivity contribution in [3.8, 4) is 0 Å². The largest absolute Gasteiger partial charge is 0.337 e. The highest BCUT2D eigenvalue weighted by atomic mass is 35.5. The number of fused-ring (bicyclic) bond motifs is 1. The SMILES string of the molecule is C[C@H]1CNCCN1C(=O)C1CCSc2ccccc21.Cl. The summed E-state index contributed by atoms with van der Waals surface area (Å²) in [4.78, 5) is 16.2. The Morgan fingerprint density at radius 2 is 2.20 bits per heavy atom. The van der Waals surface area contributed by atoms with Gasteiger partial charge in [-0.2, -0.15) is 0 Å². The summed E-state index contributed by atoms with van der Waals surface area (Å²) >= 11 is 1.87. The van der Waals surface area contributed by atoms with Crippen molar-refractivity contribution in [3.05, 3.63) is 29.8 Å². The Balaban J connectivity index is 0.00000147. The van der Waals surface area contributed by atoms with Crippen molar-refractivity contribution in [2.75, 3.05) is 25.4 Å². The van der Waals surface area contributed by atoms with Gasteiger partial charge in [0.05, 0.1) is 5.92 Å². The van der Waals surface area contributed by atoms with Crippen molar-refractivity contribution in [1.82, 2.24) is 10.2 Å². The van der Waals surface area contributed by atoms with Gasteiger partial charge in [-0.25, -0.2) is 0 Å². The predicted molar refractivity (Wildman–Crippen MR) is 85.8 cm³/mol. The van der Waals surface area contributed by atoms with Crippen LogP contribution in [0.25, 0.3) is 0 Å². The Labute approximate surface area is 130 Å². The number of nitrogens with one attached hydrogen (secondary N) is 1. The van der Waals surface area contributed by atoms with Gasteiger partial charge < -0.3 is 10.2 Å². The second kappa shape index (κ2) is 6.83. The normalized spacial score (nSPS) is 25.6. The molecule has 1 fully saturated rings. The second-order valence-electron chi connectivity index (χ2n) is 5.31. The molecule has 20 heavy (non-hydrogen) atoms. The zero-order chi connectivity index (χ0) is 13.2. The Kier molecular flexibility index (Phi) is 5.35. The number of thioether (sulfide) groups is 1. The lowest BCUT2D eigenvalue weighted by Crippen LogP contribution is -2.53. The van der Waals surface area contributed by atoms with Crippen molar-refractivity contribution in [2.24, 2.45) is 0 Å². The summed E-state index contributed by atoms with van der Waals surface area (Å²) in [6, 6.07) is 8.68. The molecule has 0 spiro atoms. The van der Waals surface area contributed by atoms with E-state index in [4.69, 9.17) is 0 Å². The number of halogens is 1. The lowest BCUT2D eigenvalue weighted by molar-refractivity contribution is -0.135. The van der Waals surface area contributed by atoms with Crippen LogP contribution in [0.4, 0.5) is 0 Å². The maximum atomic E-state index is 12.8. The minimum atomic E-state index is 0. The average Bonchev–Trinajstić information content (AvgIpc) is 2.46. The molecule has 0 aliphatic carbocycles. The molecule has 1 aromatic carbocycles. The van der Waals surface area contributed by atoms with Crippen molar-refractivity contribution < 1.29 is 4.79 Å². The summed E-state index contributed by atoms with van der Waals surface area (Å²) in [5.74, 6) is 1.44. The number of carbonyl (C=O) groups excluding carboxylic acids is 1. The minimum Gasteiger partial charge on any atom is -0.337 e. The Morgan fingerprint density at radius 1 is 1.40 bits per heavy atom. The van der Waals surface area contributed by atoms with E-state index in [-0.39, 0.29) is 18.3 Å². The second-order valence-corrected chi connectivity index (χ2v) is 6.45. The molecule has 1 aromatic rings. The Bertz CT molecular complexity index is 483. The monoisotopic (exact) mass is 312 g/mol. The molecule has 0 aromatic heterocycles. The fourth-order valence-corrected chi connectivity index (χ4v) is 4.09. The number of hydrogen-bond donors (Lipinski definition) is 1. The topological polar surface area (TPSA) is 32.3 Å². The lowest BCUT2D eigenvalue weighted by Gasteiger charge is -2.37. The van der Waals surface area contributed by atoms with Crippen LogP contribution in [0, 0.1) is 0 Å². The highest BCUT2D eigenvalue weighted by Crippen LogP contribution is 2.38. The van der Waals surface area contributed by atoms with Gasteiger partial charge in [-0.05, 0) is 30.7 Å². The number of benzene rings is 1. The van der Waals surface area contributed by atoms with Crippen molar-refractivity contribution >= 4 is 30.1 Å². The van der Waals surface area contributed by atoms with Crippen LogP contribution in [-0.2, 0) is 4.79 Å². The summed E-state index contributed by atoms with van der Waals surface area (Å²) in [5.41, 5.74) is 1.23. The number of rotatable bonds is 1. The van der Waals surface area contributed by atoms with E-state index in [1.165, 1.54) is 10.5 Å². The molecule has 0 radical (unpaired) electrons. The highest BCUT2D eigenvalue weighted by molar-refractivity contribution is 7.99. The van der Waals surface area contributed by atoms with Gasteiger partial charge in [-0.3, -0.25) is 4.79 Å². The molecular formula is C15H21ClN2OS. The van der Waals surface area contributed by atoms with E-state index >= 15 is 0 Å². The molecule has 3 nitrogen and oxygen atoms in total. The van der Waals surface area contributed by atoms with Crippen LogP contribution in [0.15, 0.2) is 29.2 Å². The molecular weight excluding hydrogens is 292 g/mol. The van der Waals surface area contributed by atoms with Crippen LogP contribution < -0.4 is 5.32 Å². The summed E-state index contributed by atoms with van der Waals surface area (Å²) in [6.07, 6.45) is 0.969. The van der Waals surface area contributed by atoms with E-state index in [2.05, 4.69) is 35.3 Å². The third-order valence-corrected chi connectivity index (χ3v) is 5.16. The van der Waals surface area contributed by atoms with Gasteiger partial charge >= 0.3 is 0 Å². The Hall–Kier alpha value is -0.710. The zero-order valence-electron chi connectivity index (χ0n) is 11.7. The molecule has 1 unspecified atom stereocenters. The van der Waals surface area contributed by atoms with Gasteiger partial charge in [0.1, 0.15) is 0 Å². The van der Waals surface area contributed by atoms with Crippen molar-refractivity contribution in [3.63, 3.8) is 0 Å². The van der Waals surface area contributed by atoms with Crippen LogP contribution in [0.3, 0.4) is 0 Å². The molecule has 1 amide bonds. The number of nitrogens with zero attached hydrogens (tertiary/aromatic N) is 1. The average molecular weight is 313 g/mol. The molecule has 2 heterocycles. The van der Waals surface area contributed by atoms with Crippen LogP contribution in [0.2, 0.25) is 0 Å². The first-order valence-electron chi connectivity index (χ1n) is 7.00. The van der Waals surface area contributed by atoms with Crippen LogP contribution in [-0.4, -0.2) is 42.2 Å². The number of amides is 1. The minimum absolute atomic E-state index is 0. The van der Waals surface area contributed by atoms with Crippen molar-refractivity contribution in [1.29, 1.82) is 0 Å². The maximum absolute atomic E-state index is 12.8. The van der Waals surface area contributed by atoms with Gasteiger partial charge in [-0.1, -0.05) is 18.2 Å². The summed E-state index contributed by atoms with van der Waals surface area (Å²) in [5, 5.41) is 3.34. The molecule has 1 saturated heterocycles. The van der Waals surface area contributed by atoms with E-state index < -0.39 is 0 Å². The standard InChI is InChI=1S/C15H20N2OS.ClH/c1-11-10-16-7-8-17(11)15(18)13-6-9-19-14-5-3-2-4-12(13)14;/h2-5,11,13,16H,6-10H2,1H3;1H/t11-,13?;/m0./s1. The number of piperazine rings is 1. The molecule has 0 bridgehead atoms. The fraction of sp³-hybridized carbons (Fsp3) is 0.533. The molecule has 3 rings (SSSR count). The first-order valence-corrected chi connectivity index (χ1v) is 7.99. The van der Waals surface area contributed by atoms with Gasteiger partial charge in [0.25, 0.3) is 0 Å². The number of hydrogen-bond acceptors (Lipinski definition) is 3. The van der Waals surface area contributed by atoms with Crippen LogP contribution in [0.5, 0.6) is 0 Å². The maximum Gasteiger partial charge on any atom is 0.230 e. The zero-order valence-corrected chi connectivity index (χ0v) is 13.3. The van der Waals surface area contributed by atoms with Gasteiger partial charge in [0.2, 0.25) is 5.91 Å². The van der Waals surface area contributed by atoms with E-state index in [1.807, 2.05) is 17.8 Å². The molecule has 2 atom stereocenters. The lowest BCUT2D eigenvalue weighted by atomic mass is 9.93. The molecule has 2 aliphatic rings. The van der Waals surface area contributed by atoms with Crippen LogP contribution in [0.1, 0.15) is 24.8 Å². The third kappa shape index (κ3) is 2.97. The first-order chi connectivity index (χ1) is 9.27. The molecule has 5 heteroatoms. The van der Waals surface area contributed by atoms with E-state index in [0.29, 0.717) is 11.9 Å². The van der Waals surface area contributed by atoms with Gasteiger partial charge in [0, 0.05) is 30.6 Å². The molecule has 1 N–H and O–H groups in total.